The fraction of sp³-hybridized carbons (Fsp3) is 0.500. The summed E-state index contributed by atoms with van der Waals surface area (Å²) in [4.78, 5) is 12.2. The number of methoxy groups -OCH3 is 1. The van der Waals surface area contributed by atoms with Crippen LogP contribution >= 0.6 is 0 Å². The van der Waals surface area contributed by atoms with E-state index in [0.29, 0.717) is 11.8 Å². The molecule has 0 spiro atoms. The van der Waals surface area contributed by atoms with Crippen LogP contribution in [0.15, 0.2) is 24.3 Å². The molecule has 0 N–H and O–H groups in total. The van der Waals surface area contributed by atoms with Crippen molar-refractivity contribution in [1.82, 2.24) is 9.97 Å². The Morgan fingerprint density at radius 2 is 1.82 bits per heavy atom. The van der Waals surface area contributed by atoms with Crippen LogP contribution in [0.3, 0.4) is 0 Å². The average Bonchev–Trinajstić information content (AvgIpc) is 2.74. The van der Waals surface area contributed by atoms with Gasteiger partial charge in [0.05, 0.1) is 29.7 Å². The van der Waals surface area contributed by atoms with E-state index in [4.69, 9.17) is 14.7 Å². The van der Waals surface area contributed by atoms with Crippen LogP contribution in [-0.2, 0) is 6.42 Å². The molecule has 3 heterocycles. The number of pyridine rings is 2. The molecular formula is C24H35N3O. The lowest BCUT2D eigenvalue weighted by Crippen LogP contribution is -2.27. The van der Waals surface area contributed by atoms with Gasteiger partial charge in [0.1, 0.15) is 0 Å². The molecule has 28 heavy (non-hydrogen) atoms. The number of hydrogen-bond acceptors (Lipinski definition) is 4. The lowest BCUT2D eigenvalue weighted by Gasteiger charge is -2.29. The maximum Gasteiger partial charge on any atom is 0.222 e. The van der Waals surface area contributed by atoms with E-state index < -0.39 is 0 Å². The number of rotatable bonds is 5. The third kappa shape index (κ3) is 4.21. The molecule has 0 amide bonds. The van der Waals surface area contributed by atoms with Crippen molar-refractivity contribution in [2.45, 2.75) is 60.8 Å². The highest BCUT2D eigenvalue weighted by molar-refractivity contribution is 5.81. The van der Waals surface area contributed by atoms with Crippen LogP contribution in [0.5, 0.6) is 5.88 Å². The minimum Gasteiger partial charge on any atom is -0.480 e. The zero-order valence-corrected chi connectivity index (χ0v) is 18.8. The highest BCUT2D eigenvalue weighted by Crippen LogP contribution is 2.37. The summed E-state index contributed by atoms with van der Waals surface area (Å²) in [5.41, 5.74) is 7.76. The van der Waals surface area contributed by atoms with Gasteiger partial charge in [-0.05, 0) is 55.5 Å². The van der Waals surface area contributed by atoms with Crippen molar-refractivity contribution in [3.63, 3.8) is 0 Å². The highest BCUT2D eigenvalue weighted by Gasteiger charge is 2.22. The molecule has 4 nitrogen and oxygen atoms in total. The molecule has 2 aromatic rings. The SMILES string of the molecule is CC.CCc1cc2c(nc1-c1ccc(C(C)C)nc1OC)C(C)=CCN2CC. The van der Waals surface area contributed by atoms with E-state index in [1.807, 2.05) is 13.8 Å². The van der Waals surface area contributed by atoms with E-state index in [0.717, 1.165) is 42.2 Å². The van der Waals surface area contributed by atoms with Crippen LogP contribution in [-0.4, -0.2) is 30.2 Å². The number of anilines is 1. The zero-order chi connectivity index (χ0) is 20.8. The molecule has 2 aromatic heterocycles. The summed E-state index contributed by atoms with van der Waals surface area (Å²) in [5, 5.41) is 0. The Bertz CT molecular complexity index is 840. The van der Waals surface area contributed by atoms with Crippen molar-refractivity contribution < 1.29 is 4.74 Å². The molecule has 0 saturated carbocycles. The Labute approximate surface area is 170 Å². The average molecular weight is 382 g/mol. The van der Waals surface area contributed by atoms with E-state index in [1.54, 1.807) is 7.11 Å². The van der Waals surface area contributed by atoms with E-state index in [1.165, 1.54) is 16.8 Å². The molecule has 0 aromatic carbocycles. The lowest BCUT2D eigenvalue weighted by atomic mass is 9.98. The third-order valence-electron chi connectivity index (χ3n) is 5.10. The first kappa shape index (κ1) is 21.9. The summed E-state index contributed by atoms with van der Waals surface area (Å²) in [5.74, 6) is 1.02. The number of fused-ring (bicyclic) bond motifs is 1. The summed E-state index contributed by atoms with van der Waals surface area (Å²) in [6, 6.07) is 6.49. The fourth-order valence-electron chi connectivity index (χ4n) is 3.43. The largest absolute Gasteiger partial charge is 0.480 e. The maximum absolute atomic E-state index is 5.63. The molecule has 0 fully saturated rings. The smallest absolute Gasteiger partial charge is 0.222 e. The first-order valence-electron chi connectivity index (χ1n) is 10.5. The fourth-order valence-corrected chi connectivity index (χ4v) is 3.43. The summed E-state index contributed by atoms with van der Waals surface area (Å²) in [7, 11) is 1.68. The minimum absolute atomic E-state index is 0.364. The number of allylic oxidation sites excluding steroid dienone is 1. The molecule has 3 rings (SSSR count). The molecule has 0 aliphatic carbocycles. The summed E-state index contributed by atoms with van der Waals surface area (Å²) >= 11 is 0. The first-order valence-corrected chi connectivity index (χ1v) is 10.5. The van der Waals surface area contributed by atoms with Gasteiger partial charge in [-0.3, -0.25) is 0 Å². The Kier molecular flexibility index (Phi) is 7.61. The Morgan fingerprint density at radius 1 is 1.11 bits per heavy atom. The van der Waals surface area contributed by atoms with E-state index in [2.05, 4.69) is 63.8 Å². The van der Waals surface area contributed by atoms with Gasteiger partial charge in [-0.2, -0.15) is 0 Å². The topological polar surface area (TPSA) is 38.3 Å². The number of aromatic nitrogens is 2. The molecule has 4 heteroatoms. The lowest BCUT2D eigenvalue weighted by molar-refractivity contribution is 0.397. The van der Waals surface area contributed by atoms with Crippen LogP contribution in [0.2, 0.25) is 0 Å². The van der Waals surface area contributed by atoms with Crippen LogP contribution in [0.25, 0.3) is 16.8 Å². The highest BCUT2D eigenvalue weighted by atomic mass is 16.5. The van der Waals surface area contributed by atoms with Gasteiger partial charge in [0, 0.05) is 18.8 Å². The number of ether oxygens (including phenoxy) is 1. The minimum atomic E-state index is 0.364. The Balaban J connectivity index is 0.00000136. The first-order chi connectivity index (χ1) is 13.5. The number of aryl methyl sites for hydroxylation is 1. The summed E-state index contributed by atoms with van der Waals surface area (Å²) < 4.78 is 5.63. The van der Waals surface area contributed by atoms with Crippen LogP contribution in [0, 0.1) is 0 Å². The van der Waals surface area contributed by atoms with Gasteiger partial charge in [-0.1, -0.05) is 40.7 Å². The van der Waals surface area contributed by atoms with Gasteiger partial charge in [-0.15, -0.1) is 0 Å². The van der Waals surface area contributed by atoms with Crippen molar-refractivity contribution in [2.24, 2.45) is 0 Å². The van der Waals surface area contributed by atoms with Gasteiger partial charge in [0.2, 0.25) is 5.88 Å². The second-order valence-electron chi connectivity index (χ2n) is 7.09. The second kappa shape index (κ2) is 9.72. The molecule has 0 bridgehead atoms. The molecule has 1 aliphatic heterocycles. The zero-order valence-electron chi connectivity index (χ0n) is 18.8. The predicted octanol–water partition coefficient (Wildman–Crippen LogP) is 6.11. The third-order valence-corrected chi connectivity index (χ3v) is 5.10. The van der Waals surface area contributed by atoms with Crippen molar-refractivity contribution in [3.8, 4) is 17.1 Å². The summed E-state index contributed by atoms with van der Waals surface area (Å²) in [6.07, 6.45) is 3.18. The molecular weight excluding hydrogens is 346 g/mol. The van der Waals surface area contributed by atoms with Gasteiger partial charge >= 0.3 is 0 Å². The maximum atomic E-state index is 5.63. The standard InChI is InChI=1S/C22H29N3O.C2H6/c1-7-16-13-19-20(15(5)11-12-25(19)8-2)24-21(16)17-9-10-18(14(3)4)23-22(17)26-6;1-2/h9-11,13-14H,7-8,12H2,1-6H3;1-2H3. The summed E-state index contributed by atoms with van der Waals surface area (Å²) in [6.45, 7) is 16.7. The van der Waals surface area contributed by atoms with Gasteiger partial charge in [0.25, 0.3) is 0 Å². The normalized spacial score (nSPS) is 12.9. The second-order valence-corrected chi connectivity index (χ2v) is 7.09. The molecule has 152 valence electrons. The monoisotopic (exact) mass is 381 g/mol. The predicted molar refractivity (Wildman–Crippen MR) is 120 cm³/mol. The molecule has 0 unspecified atom stereocenters. The van der Waals surface area contributed by atoms with Crippen molar-refractivity contribution in [3.05, 3.63) is 41.2 Å². The number of hydrogen-bond donors (Lipinski definition) is 0. The van der Waals surface area contributed by atoms with Crippen LogP contribution < -0.4 is 9.64 Å². The Hall–Kier alpha value is -2.36. The van der Waals surface area contributed by atoms with Crippen molar-refractivity contribution >= 4 is 11.3 Å². The van der Waals surface area contributed by atoms with Gasteiger partial charge in [-0.25, -0.2) is 9.97 Å². The van der Waals surface area contributed by atoms with Gasteiger partial charge < -0.3 is 9.64 Å². The number of nitrogens with zero attached hydrogens (tertiary/aromatic N) is 3. The van der Waals surface area contributed by atoms with E-state index in [-0.39, 0.29) is 0 Å². The van der Waals surface area contributed by atoms with Crippen LogP contribution in [0.4, 0.5) is 5.69 Å². The van der Waals surface area contributed by atoms with E-state index in [9.17, 15) is 0 Å². The Morgan fingerprint density at radius 3 is 2.39 bits per heavy atom. The van der Waals surface area contributed by atoms with E-state index >= 15 is 0 Å². The number of likely N-dealkylation sites (N-methyl/N-ethyl adjacent to an activating group) is 1. The molecule has 1 aliphatic rings. The quantitative estimate of drug-likeness (QED) is 0.626. The van der Waals surface area contributed by atoms with Crippen molar-refractivity contribution in [2.75, 3.05) is 25.1 Å². The van der Waals surface area contributed by atoms with Crippen molar-refractivity contribution in [1.29, 1.82) is 0 Å². The molecule has 0 atom stereocenters. The van der Waals surface area contributed by atoms with Gasteiger partial charge in [0.15, 0.2) is 0 Å². The molecule has 0 radical (unpaired) electrons. The van der Waals surface area contributed by atoms with Crippen LogP contribution in [0.1, 0.15) is 71.3 Å². The molecule has 0 saturated heterocycles.